The van der Waals surface area contributed by atoms with Crippen LogP contribution in [0.2, 0.25) is 0 Å². The molecule has 0 saturated heterocycles. The number of halogens is 6. The van der Waals surface area contributed by atoms with Gasteiger partial charge < -0.3 is 9.73 Å². The molecule has 31 heavy (non-hydrogen) atoms. The second-order valence-electron chi connectivity index (χ2n) is 6.42. The molecule has 1 aliphatic heterocycles. The van der Waals surface area contributed by atoms with Gasteiger partial charge in [-0.05, 0) is 23.6 Å². The third-order valence-corrected chi connectivity index (χ3v) is 5.42. The zero-order chi connectivity index (χ0) is 22.6. The lowest BCUT2D eigenvalue weighted by Crippen LogP contribution is -2.59. The molecule has 0 atom stereocenters. The van der Waals surface area contributed by atoms with Crippen molar-refractivity contribution in [1.29, 1.82) is 0 Å². The molecule has 0 spiro atoms. The largest absolute Gasteiger partial charge is 0.467 e. The van der Waals surface area contributed by atoms with Crippen LogP contribution >= 0.6 is 11.3 Å². The zero-order valence-electron chi connectivity index (χ0n) is 15.0. The second-order valence-corrected chi connectivity index (χ2v) is 7.36. The van der Waals surface area contributed by atoms with Gasteiger partial charge in [0.25, 0.3) is 11.1 Å². The van der Waals surface area contributed by atoms with Crippen LogP contribution in [0.1, 0.15) is 16.2 Å². The van der Waals surface area contributed by atoms with Crippen molar-refractivity contribution >= 4 is 23.0 Å². The van der Waals surface area contributed by atoms with Crippen LogP contribution in [0.5, 0.6) is 0 Å². The minimum absolute atomic E-state index is 0.0548. The highest BCUT2D eigenvalue weighted by Gasteiger charge is 2.75. The Kier molecular flexibility index (Phi) is 4.64. The van der Waals surface area contributed by atoms with E-state index in [0.29, 0.717) is 4.57 Å². The van der Waals surface area contributed by atoms with Crippen molar-refractivity contribution in [1.82, 2.24) is 9.55 Å². The summed E-state index contributed by atoms with van der Waals surface area (Å²) in [6.45, 7) is -0.540. The van der Waals surface area contributed by atoms with E-state index in [9.17, 15) is 35.9 Å². The summed E-state index contributed by atoms with van der Waals surface area (Å²) in [4.78, 5) is 29.2. The van der Waals surface area contributed by atoms with Gasteiger partial charge in [0.05, 0.1) is 17.7 Å². The highest BCUT2D eigenvalue weighted by molar-refractivity contribution is 7.12. The van der Waals surface area contributed by atoms with Crippen LogP contribution in [0.3, 0.4) is 0 Å². The van der Waals surface area contributed by atoms with Crippen LogP contribution < -0.4 is 16.6 Å². The minimum atomic E-state index is -6.05. The summed E-state index contributed by atoms with van der Waals surface area (Å²) in [6.07, 6.45) is -10.9. The Hall–Kier alpha value is -3.29. The van der Waals surface area contributed by atoms with Gasteiger partial charge in [-0.25, -0.2) is 9.79 Å². The number of hydrogen-bond donors (Lipinski definition) is 2. The number of rotatable bonds is 3. The van der Waals surface area contributed by atoms with Crippen molar-refractivity contribution in [3.63, 3.8) is 0 Å². The van der Waals surface area contributed by atoms with Gasteiger partial charge in [0.1, 0.15) is 23.0 Å². The predicted molar refractivity (Wildman–Crippen MR) is 97.4 cm³/mol. The Morgan fingerprint density at radius 2 is 1.81 bits per heavy atom. The Balaban J connectivity index is 2.11. The first-order valence-electron chi connectivity index (χ1n) is 8.40. The predicted octanol–water partition coefficient (Wildman–Crippen LogP) is 3.43. The number of hydrogen-bond acceptors (Lipinski definition) is 6. The molecule has 14 heteroatoms. The van der Waals surface area contributed by atoms with Gasteiger partial charge in [-0.3, -0.25) is 14.3 Å². The number of aliphatic imine (C=N–C) groups is 1. The summed E-state index contributed by atoms with van der Waals surface area (Å²) in [5.74, 6) is -1.70. The van der Waals surface area contributed by atoms with E-state index in [-0.39, 0.29) is 10.6 Å². The fraction of sp³-hybridized carbons (Fsp3) is 0.235. The SMILES string of the molecule is O=c1[nH]c(=O)n(Cc2ccco2)c2c1C(C(F)(F)F)(C(F)(F)F)N=C(c1cccs1)N2. The molecule has 3 aromatic rings. The van der Waals surface area contributed by atoms with Crippen molar-refractivity contribution in [2.24, 2.45) is 4.99 Å². The molecule has 0 saturated carbocycles. The third kappa shape index (κ3) is 3.17. The van der Waals surface area contributed by atoms with E-state index >= 15 is 0 Å². The lowest BCUT2D eigenvalue weighted by Gasteiger charge is -2.38. The number of alkyl halides is 6. The second kappa shape index (κ2) is 6.87. The van der Waals surface area contributed by atoms with E-state index in [1.807, 2.05) is 0 Å². The van der Waals surface area contributed by atoms with Crippen LogP contribution in [0, 0.1) is 0 Å². The van der Waals surface area contributed by atoms with Gasteiger partial charge in [0.15, 0.2) is 0 Å². The summed E-state index contributed by atoms with van der Waals surface area (Å²) in [7, 11) is 0. The van der Waals surface area contributed by atoms with Crippen molar-refractivity contribution in [3.05, 3.63) is 72.9 Å². The molecular weight excluding hydrogens is 454 g/mol. The molecule has 2 N–H and O–H groups in total. The Bertz CT molecular complexity index is 1240. The molecule has 1 aliphatic rings. The number of thiophene rings is 1. The van der Waals surface area contributed by atoms with Gasteiger partial charge in [0, 0.05) is 0 Å². The maximum Gasteiger partial charge on any atom is 0.427 e. The van der Waals surface area contributed by atoms with Crippen LogP contribution in [0.4, 0.5) is 32.2 Å². The maximum atomic E-state index is 14.1. The van der Waals surface area contributed by atoms with E-state index in [2.05, 4.69) is 10.3 Å². The summed E-state index contributed by atoms with van der Waals surface area (Å²) in [6, 6.07) is 5.43. The van der Waals surface area contributed by atoms with Crippen LogP contribution in [-0.4, -0.2) is 27.7 Å². The lowest BCUT2D eigenvalue weighted by atomic mass is 9.88. The summed E-state index contributed by atoms with van der Waals surface area (Å²) < 4.78 is 90.0. The first-order valence-corrected chi connectivity index (χ1v) is 9.28. The average Bonchev–Trinajstić information content (AvgIpc) is 3.36. The average molecular weight is 464 g/mol. The number of aromatic nitrogens is 2. The number of anilines is 1. The molecule has 4 rings (SSSR count). The molecule has 0 amide bonds. The first-order chi connectivity index (χ1) is 14.5. The molecule has 0 fully saturated rings. The number of fused-ring (bicyclic) bond motifs is 1. The topological polar surface area (TPSA) is 92.4 Å². The molecule has 0 bridgehead atoms. The summed E-state index contributed by atoms with van der Waals surface area (Å²) in [5.41, 5.74) is -9.75. The van der Waals surface area contributed by atoms with Gasteiger partial charge >= 0.3 is 18.0 Å². The highest BCUT2D eigenvalue weighted by Crippen LogP contribution is 2.55. The smallest absolute Gasteiger partial charge is 0.427 e. The van der Waals surface area contributed by atoms with E-state index in [1.165, 1.54) is 40.9 Å². The summed E-state index contributed by atoms with van der Waals surface area (Å²) >= 11 is 0.826. The van der Waals surface area contributed by atoms with Gasteiger partial charge in [-0.1, -0.05) is 6.07 Å². The molecular formula is C17H10F6N4O3S. The van der Waals surface area contributed by atoms with E-state index in [1.54, 1.807) is 0 Å². The van der Waals surface area contributed by atoms with Crippen molar-refractivity contribution in [2.75, 3.05) is 5.32 Å². The Morgan fingerprint density at radius 1 is 1.10 bits per heavy atom. The number of furan rings is 1. The molecule has 3 aromatic heterocycles. The molecule has 0 aromatic carbocycles. The van der Waals surface area contributed by atoms with E-state index in [0.717, 1.165) is 11.3 Å². The normalized spacial score (nSPS) is 15.9. The monoisotopic (exact) mass is 464 g/mol. The Labute approximate surface area is 171 Å². The Morgan fingerprint density at radius 3 is 2.35 bits per heavy atom. The number of amidine groups is 1. The third-order valence-electron chi connectivity index (χ3n) is 4.55. The molecule has 7 nitrogen and oxygen atoms in total. The molecule has 4 heterocycles. The number of nitrogens with one attached hydrogen (secondary N) is 2. The van der Waals surface area contributed by atoms with Gasteiger partial charge in [-0.2, -0.15) is 26.3 Å². The number of aromatic amines is 1. The lowest BCUT2D eigenvalue weighted by molar-refractivity contribution is -0.301. The van der Waals surface area contributed by atoms with Gasteiger partial charge in [0.2, 0.25) is 0 Å². The maximum absolute atomic E-state index is 14.1. The van der Waals surface area contributed by atoms with Crippen molar-refractivity contribution < 1.29 is 30.8 Å². The zero-order valence-corrected chi connectivity index (χ0v) is 15.8. The van der Waals surface area contributed by atoms with Crippen molar-refractivity contribution in [3.8, 4) is 0 Å². The number of H-pyrrole nitrogens is 1. The quantitative estimate of drug-likeness (QED) is 0.581. The highest BCUT2D eigenvalue weighted by atomic mass is 32.1. The summed E-state index contributed by atoms with van der Waals surface area (Å²) in [5, 5.41) is 3.75. The van der Waals surface area contributed by atoms with E-state index < -0.39 is 52.9 Å². The minimum Gasteiger partial charge on any atom is -0.467 e. The molecule has 164 valence electrons. The van der Waals surface area contributed by atoms with Crippen molar-refractivity contribution in [2.45, 2.75) is 24.4 Å². The van der Waals surface area contributed by atoms with Crippen LogP contribution in [-0.2, 0) is 12.1 Å². The standard InChI is InChI=1S/C17H10F6N4O3S/c18-16(19,20)15(17(21,22)23)10-12(24-11(26-15)9-4-2-6-31-9)27(14(29)25-13(10)28)7-8-3-1-5-30-8/h1-6H,7H2,(H,24,26)(H,25,28,29). The molecule has 0 unspecified atom stereocenters. The molecule has 0 radical (unpaired) electrons. The van der Waals surface area contributed by atoms with Crippen LogP contribution in [0.15, 0.2) is 54.9 Å². The fourth-order valence-corrected chi connectivity index (χ4v) is 3.88. The number of nitrogens with zero attached hydrogens (tertiary/aromatic N) is 2. The fourth-order valence-electron chi connectivity index (χ4n) is 3.21. The van der Waals surface area contributed by atoms with E-state index in [4.69, 9.17) is 4.42 Å². The molecule has 0 aliphatic carbocycles. The van der Waals surface area contributed by atoms with Gasteiger partial charge in [-0.15, -0.1) is 11.3 Å². The van der Waals surface area contributed by atoms with Crippen LogP contribution in [0.25, 0.3) is 0 Å². The first kappa shape index (κ1) is 21.0.